The number of rotatable bonds is 2. The number of nitrogens with zero attached hydrogens (tertiary/aromatic N) is 1. The van der Waals surface area contributed by atoms with Crippen LogP contribution in [0.1, 0.15) is 46.0 Å². The topological polar surface area (TPSA) is 23.5 Å². The fourth-order valence-corrected chi connectivity index (χ4v) is 1.95. The van der Waals surface area contributed by atoms with Crippen molar-refractivity contribution in [2.45, 2.75) is 51.5 Å². The van der Waals surface area contributed by atoms with Gasteiger partial charge in [0.2, 0.25) is 0 Å². The minimum atomic E-state index is -0.0165. The molecular weight excluding hydrogens is 162 g/mol. The molecule has 0 radical (unpaired) electrons. The molecule has 0 aliphatic carbocycles. The van der Waals surface area contributed by atoms with E-state index < -0.39 is 0 Å². The monoisotopic (exact) mass is 185 g/mol. The summed E-state index contributed by atoms with van der Waals surface area (Å²) in [6.45, 7) is 6.86. The van der Waals surface area contributed by atoms with Gasteiger partial charge in [0.05, 0.1) is 6.61 Å². The zero-order chi connectivity index (χ0) is 9.73. The number of aliphatic hydroxyl groups excluding tert-OH is 1. The van der Waals surface area contributed by atoms with Gasteiger partial charge in [-0.25, -0.2) is 0 Å². The molecule has 0 spiro atoms. The van der Waals surface area contributed by atoms with Gasteiger partial charge >= 0.3 is 0 Å². The number of hydrogen-bond acceptors (Lipinski definition) is 2. The summed E-state index contributed by atoms with van der Waals surface area (Å²) in [6.07, 6.45) is 6.70. The van der Waals surface area contributed by atoms with Crippen LogP contribution in [0.2, 0.25) is 0 Å². The van der Waals surface area contributed by atoms with Crippen molar-refractivity contribution in [2.24, 2.45) is 0 Å². The first-order valence-corrected chi connectivity index (χ1v) is 5.53. The molecule has 0 amide bonds. The Morgan fingerprint density at radius 1 is 1.00 bits per heavy atom. The van der Waals surface area contributed by atoms with Crippen LogP contribution in [0.5, 0.6) is 0 Å². The molecular formula is C11H23NO. The molecule has 2 heteroatoms. The van der Waals surface area contributed by atoms with Gasteiger partial charge in [-0.2, -0.15) is 0 Å². The Labute approximate surface area is 81.9 Å². The number of hydrogen-bond donors (Lipinski definition) is 1. The Morgan fingerprint density at radius 3 is 1.92 bits per heavy atom. The van der Waals surface area contributed by atoms with Crippen molar-refractivity contribution in [1.82, 2.24) is 4.90 Å². The molecule has 0 atom stereocenters. The summed E-state index contributed by atoms with van der Waals surface area (Å²) in [5, 5.41) is 9.27. The van der Waals surface area contributed by atoms with Crippen molar-refractivity contribution in [3.8, 4) is 0 Å². The fraction of sp³-hybridized carbons (Fsp3) is 1.00. The Morgan fingerprint density at radius 2 is 1.46 bits per heavy atom. The molecule has 1 aliphatic rings. The predicted molar refractivity (Wildman–Crippen MR) is 55.8 cm³/mol. The highest BCUT2D eigenvalue weighted by Crippen LogP contribution is 2.19. The first-order chi connectivity index (χ1) is 6.17. The lowest BCUT2D eigenvalue weighted by Crippen LogP contribution is -2.48. The van der Waals surface area contributed by atoms with Crippen molar-refractivity contribution in [2.75, 3.05) is 19.7 Å². The Hall–Kier alpha value is -0.0800. The van der Waals surface area contributed by atoms with Crippen LogP contribution in [0.4, 0.5) is 0 Å². The fourth-order valence-electron chi connectivity index (χ4n) is 1.95. The van der Waals surface area contributed by atoms with Crippen LogP contribution in [-0.2, 0) is 0 Å². The summed E-state index contributed by atoms with van der Waals surface area (Å²) >= 11 is 0. The second-order valence-corrected chi connectivity index (χ2v) is 4.73. The first kappa shape index (κ1) is 11.0. The van der Waals surface area contributed by atoms with Gasteiger partial charge in [-0.1, -0.05) is 19.3 Å². The van der Waals surface area contributed by atoms with Crippen LogP contribution >= 0.6 is 0 Å². The van der Waals surface area contributed by atoms with E-state index in [9.17, 15) is 5.11 Å². The Balaban J connectivity index is 2.45. The maximum atomic E-state index is 9.27. The molecule has 1 saturated heterocycles. The smallest absolute Gasteiger partial charge is 0.0610 e. The molecule has 2 nitrogen and oxygen atoms in total. The molecule has 1 rings (SSSR count). The molecule has 0 saturated carbocycles. The van der Waals surface area contributed by atoms with Crippen LogP contribution in [0, 0.1) is 0 Å². The molecule has 1 fully saturated rings. The molecule has 0 bridgehead atoms. The van der Waals surface area contributed by atoms with Gasteiger partial charge in [-0.3, -0.25) is 4.90 Å². The van der Waals surface area contributed by atoms with E-state index in [1.165, 1.54) is 32.1 Å². The van der Waals surface area contributed by atoms with Crippen LogP contribution in [0.15, 0.2) is 0 Å². The first-order valence-electron chi connectivity index (χ1n) is 5.53. The van der Waals surface area contributed by atoms with E-state index in [1.54, 1.807) is 0 Å². The van der Waals surface area contributed by atoms with E-state index in [0.29, 0.717) is 0 Å². The molecule has 1 N–H and O–H groups in total. The van der Waals surface area contributed by atoms with Gasteiger partial charge in [0.15, 0.2) is 0 Å². The van der Waals surface area contributed by atoms with Crippen LogP contribution in [-0.4, -0.2) is 35.2 Å². The van der Waals surface area contributed by atoms with Gasteiger partial charge in [0, 0.05) is 5.54 Å². The van der Waals surface area contributed by atoms with E-state index >= 15 is 0 Å². The minimum Gasteiger partial charge on any atom is -0.394 e. The molecule has 78 valence electrons. The third-order valence-electron chi connectivity index (χ3n) is 3.10. The molecule has 1 aliphatic heterocycles. The van der Waals surface area contributed by atoms with Crippen molar-refractivity contribution in [1.29, 1.82) is 0 Å². The lowest BCUT2D eigenvalue weighted by molar-refractivity contribution is 0.0507. The maximum Gasteiger partial charge on any atom is 0.0610 e. The second kappa shape index (κ2) is 4.97. The third kappa shape index (κ3) is 3.28. The van der Waals surface area contributed by atoms with Crippen molar-refractivity contribution in [3.63, 3.8) is 0 Å². The van der Waals surface area contributed by atoms with E-state index in [-0.39, 0.29) is 12.1 Å². The van der Waals surface area contributed by atoms with Gasteiger partial charge in [-0.15, -0.1) is 0 Å². The van der Waals surface area contributed by atoms with Crippen LogP contribution in [0.25, 0.3) is 0 Å². The molecule has 13 heavy (non-hydrogen) atoms. The lowest BCUT2D eigenvalue weighted by Gasteiger charge is -2.38. The van der Waals surface area contributed by atoms with Gasteiger partial charge in [-0.05, 0) is 39.8 Å². The molecule has 0 aromatic carbocycles. The average molecular weight is 185 g/mol. The summed E-state index contributed by atoms with van der Waals surface area (Å²) < 4.78 is 0. The summed E-state index contributed by atoms with van der Waals surface area (Å²) in [5.74, 6) is 0. The van der Waals surface area contributed by atoms with Crippen molar-refractivity contribution in [3.05, 3.63) is 0 Å². The van der Waals surface area contributed by atoms with E-state index in [0.717, 1.165) is 13.1 Å². The largest absolute Gasteiger partial charge is 0.394 e. The summed E-state index contributed by atoms with van der Waals surface area (Å²) in [7, 11) is 0. The molecule has 0 aromatic rings. The average Bonchev–Trinajstić information content (AvgIpc) is 2.03. The zero-order valence-corrected chi connectivity index (χ0v) is 9.05. The Bertz CT molecular complexity index is 137. The summed E-state index contributed by atoms with van der Waals surface area (Å²) in [5.41, 5.74) is -0.0165. The van der Waals surface area contributed by atoms with E-state index in [1.807, 2.05) is 0 Å². The number of likely N-dealkylation sites (tertiary alicyclic amines) is 1. The Kier molecular flexibility index (Phi) is 4.20. The maximum absolute atomic E-state index is 9.27. The highest BCUT2D eigenvalue weighted by atomic mass is 16.3. The van der Waals surface area contributed by atoms with E-state index in [2.05, 4.69) is 18.7 Å². The van der Waals surface area contributed by atoms with E-state index in [4.69, 9.17) is 0 Å². The second-order valence-electron chi connectivity index (χ2n) is 4.73. The van der Waals surface area contributed by atoms with Crippen molar-refractivity contribution < 1.29 is 5.11 Å². The third-order valence-corrected chi connectivity index (χ3v) is 3.10. The SMILES string of the molecule is CC(C)(CO)N1CCCCCCC1. The predicted octanol–water partition coefficient (Wildman–Crippen LogP) is 2.02. The minimum absolute atomic E-state index is 0.0165. The standard InChI is InChI=1S/C11H23NO/c1-11(2,10-13)12-8-6-4-3-5-7-9-12/h13H,3-10H2,1-2H3. The van der Waals surface area contributed by atoms with Gasteiger partial charge in [0.25, 0.3) is 0 Å². The molecule has 1 heterocycles. The van der Waals surface area contributed by atoms with Gasteiger partial charge in [0.1, 0.15) is 0 Å². The highest BCUT2D eigenvalue weighted by molar-refractivity contribution is 4.81. The van der Waals surface area contributed by atoms with Crippen molar-refractivity contribution >= 4 is 0 Å². The molecule has 0 aromatic heterocycles. The van der Waals surface area contributed by atoms with Crippen LogP contribution < -0.4 is 0 Å². The number of aliphatic hydroxyl groups is 1. The summed E-state index contributed by atoms with van der Waals surface area (Å²) in [4.78, 5) is 2.44. The van der Waals surface area contributed by atoms with Crippen LogP contribution in [0.3, 0.4) is 0 Å². The quantitative estimate of drug-likeness (QED) is 0.711. The highest BCUT2D eigenvalue weighted by Gasteiger charge is 2.25. The van der Waals surface area contributed by atoms with Gasteiger partial charge < -0.3 is 5.11 Å². The summed E-state index contributed by atoms with van der Waals surface area (Å²) in [6, 6.07) is 0. The molecule has 0 unspecified atom stereocenters. The normalized spacial score (nSPS) is 22.4. The lowest BCUT2D eigenvalue weighted by atomic mass is 10.00. The zero-order valence-electron chi connectivity index (χ0n) is 9.05.